The maximum atomic E-state index is 12.7. The van der Waals surface area contributed by atoms with Gasteiger partial charge in [0.15, 0.2) is 0 Å². The Balaban J connectivity index is 1.95. The van der Waals surface area contributed by atoms with Crippen molar-refractivity contribution in [3.8, 4) is 5.75 Å². The van der Waals surface area contributed by atoms with Gasteiger partial charge in [-0.3, -0.25) is 15.0 Å². The van der Waals surface area contributed by atoms with Crippen LogP contribution in [0.25, 0.3) is 6.08 Å². The van der Waals surface area contributed by atoms with Crippen LogP contribution in [0.2, 0.25) is 10.0 Å². The van der Waals surface area contributed by atoms with Gasteiger partial charge in [0.25, 0.3) is 11.8 Å². The molecule has 3 rings (SSSR count). The van der Waals surface area contributed by atoms with Crippen LogP contribution in [0, 0.1) is 0 Å². The first-order valence-corrected chi connectivity index (χ1v) is 8.70. The van der Waals surface area contributed by atoms with E-state index in [9.17, 15) is 9.59 Å². The van der Waals surface area contributed by atoms with Crippen LogP contribution in [0.5, 0.6) is 5.75 Å². The smallest absolute Gasteiger partial charge is 0.282 e. The molecule has 0 aromatic heterocycles. The van der Waals surface area contributed by atoms with Crippen molar-refractivity contribution >= 4 is 46.8 Å². The molecule has 0 spiro atoms. The minimum Gasteiger partial charge on any atom is -0.490 e. The lowest BCUT2D eigenvalue weighted by molar-refractivity contribution is -0.117. The highest BCUT2D eigenvalue weighted by atomic mass is 35.5. The van der Waals surface area contributed by atoms with Crippen molar-refractivity contribution in [2.45, 2.75) is 20.0 Å². The predicted molar refractivity (Wildman–Crippen MR) is 102 cm³/mol. The second-order valence-corrected chi connectivity index (χ2v) is 6.76. The third-order valence-electron chi connectivity index (χ3n) is 3.63. The van der Waals surface area contributed by atoms with Crippen LogP contribution in [0.4, 0.5) is 5.69 Å². The molecule has 0 radical (unpaired) electrons. The van der Waals surface area contributed by atoms with E-state index < -0.39 is 11.8 Å². The van der Waals surface area contributed by atoms with Gasteiger partial charge in [0.05, 0.1) is 21.8 Å². The molecule has 1 heterocycles. The minimum atomic E-state index is -0.500. The molecule has 0 atom stereocenters. The third-order valence-corrected chi connectivity index (χ3v) is 4.37. The van der Waals surface area contributed by atoms with Crippen molar-refractivity contribution in [3.05, 3.63) is 63.6 Å². The molecule has 1 N–H and O–H groups in total. The Kier molecular flexibility index (Phi) is 5.20. The van der Waals surface area contributed by atoms with Gasteiger partial charge in [-0.1, -0.05) is 41.4 Å². The van der Waals surface area contributed by atoms with E-state index in [-0.39, 0.29) is 11.7 Å². The summed E-state index contributed by atoms with van der Waals surface area (Å²) >= 11 is 11.9. The fourth-order valence-corrected chi connectivity index (χ4v) is 2.77. The van der Waals surface area contributed by atoms with E-state index in [1.54, 1.807) is 24.3 Å². The van der Waals surface area contributed by atoms with E-state index in [0.717, 1.165) is 5.01 Å². The molecule has 1 fully saturated rings. The summed E-state index contributed by atoms with van der Waals surface area (Å²) in [6, 6.07) is 11.9. The Hall–Kier alpha value is -2.50. The molecule has 2 amide bonds. The van der Waals surface area contributed by atoms with Gasteiger partial charge in [0, 0.05) is 5.56 Å². The first kappa shape index (κ1) is 18.3. The summed E-state index contributed by atoms with van der Waals surface area (Å²) in [6.07, 6.45) is 1.49. The first-order valence-electron chi connectivity index (χ1n) is 7.94. The van der Waals surface area contributed by atoms with Crippen LogP contribution in [-0.2, 0) is 9.59 Å². The monoisotopic (exact) mass is 390 g/mol. The number of carbonyl (C=O) groups excluding carboxylic acids is 2. The standard InChI is InChI=1S/C19H16Cl2N2O3/c1-11(2)26-17-6-4-3-5-12(17)9-14-18(24)22-23(19(14)25)13-7-8-15(20)16(21)10-13/h3-11H,1-2H3,(H,22,24)/b14-9-. The normalized spacial score (nSPS) is 15.7. The fourth-order valence-electron chi connectivity index (χ4n) is 2.48. The van der Waals surface area contributed by atoms with Crippen LogP contribution in [0.1, 0.15) is 19.4 Å². The van der Waals surface area contributed by atoms with Crippen molar-refractivity contribution in [1.82, 2.24) is 5.43 Å². The van der Waals surface area contributed by atoms with Crippen molar-refractivity contribution in [2.24, 2.45) is 0 Å². The molecule has 5 nitrogen and oxygen atoms in total. The molecule has 2 aromatic rings. The molecule has 0 saturated carbocycles. The Bertz CT molecular complexity index is 909. The number of hydrogen-bond donors (Lipinski definition) is 1. The maximum Gasteiger partial charge on any atom is 0.282 e. The van der Waals surface area contributed by atoms with Crippen LogP contribution in [0.3, 0.4) is 0 Å². The number of halogens is 2. The highest BCUT2D eigenvalue weighted by molar-refractivity contribution is 6.42. The fraction of sp³-hybridized carbons (Fsp3) is 0.158. The van der Waals surface area contributed by atoms with Crippen molar-refractivity contribution in [2.75, 3.05) is 5.01 Å². The van der Waals surface area contributed by atoms with Gasteiger partial charge in [0.2, 0.25) is 0 Å². The molecule has 1 aliphatic heterocycles. The number of nitrogens with one attached hydrogen (secondary N) is 1. The SMILES string of the molecule is CC(C)Oc1ccccc1/C=C1/C(=O)NN(c2ccc(Cl)c(Cl)c2)C1=O. The second kappa shape index (κ2) is 7.40. The van der Waals surface area contributed by atoms with Crippen LogP contribution < -0.4 is 15.2 Å². The number of hydrogen-bond acceptors (Lipinski definition) is 3. The Labute approximate surface area is 161 Å². The summed E-state index contributed by atoms with van der Waals surface area (Å²) in [7, 11) is 0. The summed E-state index contributed by atoms with van der Waals surface area (Å²) in [6.45, 7) is 3.81. The third kappa shape index (κ3) is 3.69. The highest BCUT2D eigenvalue weighted by Crippen LogP contribution is 2.30. The van der Waals surface area contributed by atoms with Gasteiger partial charge in [-0.05, 0) is 44.2 Å². The van der Waals surface area contributed by atoms with Gasteiger partial charge in [-0.2, -0.15) is 0 Å². The zero-order valence-electron chi connectivity index (χ0n) is 14.1. The number of rotatable bonds is 4. The molecule has 134 valence electrons. The lowest BCUT2D eigenvalue weighted by Crippen LogP contribution is -2.35. The van der Waals surface area contributed by atoms with E-state index >= 15 is 0 Å². The predicted octanol–water partition coefficient (Wildman–Crippen LogP) is 4.24. The van der Waals surface area contributed by atoms with Gasteiger partial charge < -0.3 is 4.74 Å². The summed E-state index contributed by atoms with van der Waals surface area (Å²) in [4.78, 5) is 25.0. The van der Waals surface area contributed by atoms with E-state index in [2.05, 4.69) is 5.43 Å². The average molecular weight is 391 g/mol. The van der Waals surface area contributed by atoms with E-state index in [1.165, 1.54) is 12.1 Å². The molecule has 0 unspecified atom stereocenters. The highest BCUT2D eigenvalue weighted by Gasteiger charge is 2.34. The number of hydrazine groups is 1. The van der Waals surface area contributed by atoms with Crippen LogP contribution in [0.15, 0.2) is 48.0 Å². The lowest BCUT2D eigenvalue weighted by Gasteiger charge is -2.15. The zero-order chi connectivity index (χ0) is 18.8. The molecule has 2 aromatic carbocycles. The Morgan fingerprint density at radius 2 is 1.81 bits per heavy atom. The molecule has 1 saturated heterocycles. The number of para-hydroxylation sites is 1. The number of anilines is 1. The van der Waals surface area contributed by atoms with Crippen molar-refractivity contribution in [1.29, 1.82) is 0 Å². The molecule has 1 aliphatic rings. The average Bonchev–Trinajstić information content (AvgIpc) is 2.87. The van der Waals surface area contributed by atoms with Crippen molar-refractivity contribution < 1.29 is 14.3 Å². The van der Waals surface area contributed by atoms with Gasteiger partial charge in [-0.25, -0.2) is 5.01 Å². The summed E-state index contributed by atoms with van der Waals surface area (Å²) < 4.78 is 5.73. The van der Waals surface area contributed by atoms with E-state index in [1.807, 2.05) is 26.0 Å². The molecule has 0 bridgehead atoms. The number of ether oxygens (including phenoxy) is 1. The topological polar surface area (TPSA) is 58.6 Å². The molecular formula is C19H16Cl2N2O3. The number of nitrogens with zero attached hydrogens (tertiary/aromatic N) is 1. The lowest BCUT2D eigenvalue weighted by atomic mass is 10.1. The van der Waals surface area contributed by atoms with E-state index in [4.69, 9.17) is 27.9 Å². The zero-order valence-corrected chi connectivity index (χ0v) is 15.6. The van der Waals surface area contributed by atoms with Crippen LogP contribution >= 0.6 is 23.2 Å². The molecule has 26 heavy (non-hydrogen) atoms. The van der Waals surface area contributed by atoms with Crippen molar-refractivity contribution in [3.63, 3.8) is 0 Å². The Morgan fingerprint density at radius 1 is 1.08 bits per heavy atom. The largest absolute Gasteiger partial charge is 0.490 e. The molecule has 7 heteroatoms. The van der Waals surface area contributed by atoms with Gasteiger partial charge in [0.1, 0.15) is 11.3 Å². The summed E-state index contributed by atoms with van der Waals surface area (Å²) in [5, 5.41) is 1.80. The Morgan fingerprint density at radius 3 is 2.50 bits per heavy atom. The summed E-state index contributed by atoms with van der Waals surface area (Å²) in [5.41, 5.74) is 3.61. The van der Waals surface area contributed by atoms with Gasteiger partial charge in [-0.15, -0.1) is 0 Å². The van der Waals surface area contributed by atoms with Gasteiger partial charge >= 0.3 is 0 Å². The minimum absolute atomic E-state index is 0.0101. The van der Waals surface area contributed by atoms with Crippen LogP contribution in [-0.4, -0.2) is 17.9 Å². The maximum absolute atomic E-state index is 12.7. The van der Waals surface area contributed by atoms with E-state index in [0.29, 0.717) is 27.0 Å². The number of carbonyl (C=O) groups is 2. The molecule has 0 aliphatic carbocycles. The summed E-state index contributed by atoms with van der Waals surface area (Å²) in [5.74, 6) is -0.378. The quantitative estimate of drug-likeness (QED) is 0.627. The second-order valence-electron chi connectivity index (χ2n) is 5.94. The molecular weight excluding hydrogens is 375 g/mol. The number of benzene rings is 2. The number of amides is 2. The first-order chi connectivity index (χ1) is 12.4.